The molecule has 2 nitrogen and oxygen atoms in total. The Kier molecular flexibility index (Phi) is 6.63. The zero-order valence-corrected chi connectivity index (χ0v) is 8.06. The maximum Gasteiger partial charge on any atom is 0.198 e. The first-order valence-electron chi connectivity index (χ1n) is 4.78. The van der Waals surface area contributed by atoms with Gasteiger partial charge in [0.2, 0.25) is 0 Å². The second kappa shape index (κ2) is 7.01. The van der Waals surface area contributed by atoms with Crippen molar-refractivity contribution in [1.82, 2.24) is 0 Å². The summed E-state index contributed by atoms with van der Waals surface area (Å²) in [6.07, 6.45) is 4.65. The molecule has 0 aromatic heterocycles. The minimum absolute atomic E-state index is 0.176. The van der Waals surface area contributed by atoms with Crippen molar-refractivity contribution in [2.45, 2.75) is 52.4 Å². The minimum atomic E-state index is -0.186. The lowest BCUT2D eigenvalue weighted by molar-refractivity contribution is -0.136. The first-order chi connectivity index (χ1) is 5.72. The Bertz CT molecular complexity index is 150. The van der Waals surface area contributed by atoms with Crippen molar-refractivity contribution < 1.29 is 9.59 Å². The fourth-order valence-electron chi connectivity index (χ4n) is 1.04. The maximum absolute atomic E-state index is 11.1. The van der Waals surface area contributed by atoms with Crippen molar-refractivity contribution in [3.05, 3.63) is 0 Å². The van der Waals surface area contributed by atoms with Gasteiger partial charge < -0.3 is 0 Å². The standard InChI is InChI=1S/C10H18O2/c1-3-5-6-8-10(12)9(11)7-4-2/h3-8H2,1-2H3. The first kappa shape index (κ1) is 11.3. The van der Waals surface area contributed by atoms with Crippen LogP contribution in [0.2, 0.25) is 0 Å². The molecule has 0 bridgehead atoms. The Morgan fingerprint density at radius 3 is 1.92 bits per heavy atom. The molecule has 0 saturated carbocycles. The molecular formula is C10H18O2. The molecule has 0 aliphatic heterocycles. The molecule has 0 radical (unpaired) electrons. The highest BCUT2D eigenvalue weighted by atomic mass is 16.2. The monoisotopic (exact) mass is 170 g/mol. The third kappa shape index (κ3) is 5.05. The van der Waals surface area contributed by atoms with E-state index in [9.17, 15) is 9.59 Å². The summed E-state index contributed by atoms with van der Waals surface area (Å²) in [6.45, 7) is 4.00. The predicted octanol–water partition coefficient (Wildman–Crippen LogP) is 2.51. The van der Waals surface area contributed by atoms with Gasteiger partial charge >= 0.3 is 0 Å². The number of carbonyl (C=O) groups is 2. The number of hydrogen-bond donors (Lipinski definition) is 0. The van der Waals surface area contributed by atoms with Crippen LogP contribution < -0.4 is 0 Å². The van der Waals surface area contributed by atoms with Gasteiger partial charge in [-0.25, -0.2) is 0 Å². The van der Waals surface area contributed by atoms with E-state index in [2.05, 4.69) is 6.92 Å². The van der Waals surface area contributed by atoms with Crippen molar-refractivity contribution in [3.8, 4) is 0 Å². The first-order valence-corrected chi connectivity index (χ1v) is 4.78. The maximum atomic E-state index is 11.1. The predicted molar refractivity (Wildman–Crippen MR) is 49.1 cm³/mol. The summed E-state index contributed by atoms with van der Waals surface area (Å²) < 4.78 is 0. The average Bonchev–Trinajstić information content (AvgIpc) is 2.05. The van der Waals surface area contributed by atoms with E-state index in [1.54, 1.807) is 0 Å². The van der Waals surface area contributed by atoms with Crippen molar-refractivity contribution in [2.75, 3.05) is 0 Å². The summed E-state index contributed by atoms with van der Waals surface area (Å²) in [4.78, 5) is 22.0. The van der Waals surface area contributed by atoms with Gasteiger partial charge in [0, 0.05) is 12.8 Å². The Morgan fingerprint density at radius 2 is 1.42 bits per heavy atom. The lowest BCUT2D eigenvalue weighted by Crippen LogP contribution is -2.12. The lowest BCUT2D eigenvalue weighted by Gasteiger charge is -1.97. The Labute approximate surface area is 74.3 Å². The molecule has 0 atom stereocenters. The van der Waals surface area contributed by atoms with Gasteiger partial charge in [0.1, 0.15) is 0 Å². The zero-order chi connectivity index (χ0) is 9.40. The summed E-state index contributed by atoms with van der Waals surface area (Å²) in [5.74, 6) is -0.362. The van der Waals surface area contributed by atoms with Gasteiger partial charge in [-0.2, -0.15) is 0 Å². The number of ketones is 2. The fourth-order valence-corrected chi connectivity index (χ4v) is 1.04. The molecule has 0 amide bonds. The van der Waals surface area contributed by atoms with Gasteiger partial charge in [0.25, 0.3) is 0 Å². The summed E-state index contributed by atoms with van der Waals surface area (Å²) in [5.41, 5.74) is 0. The third-order valence-electron chi connectivity index (χ3n) is 1.80. The molecule has 0 spiro atoms. The number of unbranched alkanes of at least 4 members (excludes halogenated alkanes) is 2. The van der Waals surface area contributed by atoms with Gasteiger partial charge in [0.15, 0.2) is 11.6 Å². The highest BCUT2D eigenvalue weighted by Gasteiger charge is 2.10. The normalized spacial score (nSPS) is 9.83. The molecule has 2 heteroatoms. The third-order valence-corrected chi connectivity index (χ3v) is 1.80. The molecule has 0 aromatic rings. The largest absolute Gasteiger partial charge is 0.291 e. The second-order valence-corrected chi connectivity index (χ2v) is 3.05. The molecule has 0 fully saturated rings. The van der Waals surface area contributed by atoms with E-state index in [0.717, 1.165) is 25.7 Å². The van der Waals surface area contributed by atoms with E-state index in [-0.39, 0.29) is 11.6 Å². The molecular weight excluding hydrogens is 152 g/mol. The number of carbonyl (C=O) groups excluding carboxylic acids is 2. The van der Waals surface area contributed by atoms with Crippen LogP contribution in [0, 0.1) is 0 Å². The van der Waals surface area contributed by atoms with Crippen LogP contribution in [0.4, 0.5) is 0 Å². The van der Waals surface area contributed by atoms with Crippen LogP contribution in [-0.2, 0) is 9.59 Å². The van der Waals surface area contributed by atoms with Gasteiger partial charge in [-0.3, -0.25) is 9.59 Å². The number of Topliss-reactive ketones (excluding diaryl/α,β-unsaturated/α-hetero) is 2. The summed E-state index contributed by atoms with van der Waals surface area (Å²) in [6, 6.07) is 0. The highest BCUT2D eigenvalue weighted by molar-refractivity contribution is 6.37. The summed E-state index contributed by atoms with van der Waals surface area (Å²) in [5, 5.41) is 0. The SMILES string of the molecule is CCCCCC(=O)C(=O)CCC. The van der Waals surface area contributed by atoms with Crippen LogP contribution in [0.25, 0.3) is 0 Å². The smallest absolute Gasteiger partial charge is 0.198 e. The minimum Gasteiger partial charge on any atom is -0.291 e. The lowest BCUT2D eigenvalue weighted by atomic mass is 10.1. The Balaban J connectivity index is 3.50. The van der Waals surface area contributed by atoms with Gasteiger partial charge in [-0.1, -0.05) is 26.7 Å². The molecule has 0 heterocycles. The van der Waals surface area contributed by atoms with Crippen LogP contribution >= 0.6 is 0 Å². The summed E-state index contributed by atoms with van der Waals surface area (Å²) in [7, 11) is 0. The van der Waals surface area contributed by atoms with Crippen LogP contribution in [0.15, 0.2) is 0 Å². The Morgan fingerprint density at radius 1 is 0.833 bits per heavy atom. The number of hydrogen-bond acceptors (Lipinski definition) is 2. The van der Waals surface area contributed by atoms with Crippen molar-refractivity contribution >= 4 is 11.6 Å². The van der Waals surface area contributed by atoms with Gasteiger partial charge in [0.05, 0.1) is 0 Å². The average molecular weight is 170 g/mol. The molecule has 0 N–H and O–H groups in total. The second-order valence-electron chi connectivity index (χ2n) is 3.05. The molecule has 70 valence electrons. The molecule has 0 aromatic carbocycles. The van der Waals surface area contributed by atoms with E-state index in [4.69, 9.17) is 0 Å². The van der Waals surface area contributed by atoms with Crippen molar-refractivity contribution in [1.29, 1.82) is 0 Å². The van der Waals surface area contributed by atoms with Crippen LogP contribution in [-0.4, -0.2) is 11.6 Å². The topological polar surface area (TPSA) is 34.1 Å². The van der Waals surface area contributed by atoms with Crippen LogP contribution in [0.1, 0.15) is 52.4 Å². The molecule has 0 saturated heterocycles. The van der Waals surface area contributed by atoms with E-state index in [1.807, 2.05) is 6.92 Å². The molecule has 12 heavy (non-hydrogen) atoms. The van der Waals surface area contributed by atoms with Gasteiger partial charge in [-0.15, -0.1) is 0 Å². The van der Waals surface area contributed by atoms with Crippen LogP contribution in [0.3, 0.4) is 0 Å². The van der Waals surface area contributed by atoms with Crippen molar-refractivity contribution in [3.63, 3.8) is 0 Å². The van der Waals surface area contributed by atoms with E-state index in [1.165, 1.54) is 0 Å². The molecule has 0 unspecified atom stereocenters. The highest BCUT2D eigenvalue weighted by Crippen LogP contribution is 2.02. The van der Waals surface area contributed by atoms with E-state index >= 15 is 0 Å². The van der Waals surface area contributed by atoms with Crippen molar-refractivity contribution in [2.24, 2.45) is 0 Å². The van der Waals surface area contributed by atoms with Crippen LogP contribution in [0.5, 0.6) is 0 Å². The molecule has 0 aliphatic rings. The zero-order valence-electron chi connectivity index (χ0n) is 8.06. The number of rotatable bonds is 7. The molecule has 0 rings (SSSR count). The van der Waals surface area contributed by atoms with E-state index < -0.39 is 0 Å². The molecule has 0 aliphatic carbocycles. The summed E-state index contributed by atoms with van der Waals surface area (Å²) >= 11 is 0. The van der Waals surface area contributed by atoms with Gasteiger partial charge in [-0.05, 0) is 12.8 Å². The quantitative estimate of drug-likeness (QED) is 0.434. The fraction of sp³-hybridized carbons (Fsp3) is 0.800. The van der Waals surface area contributed by atoms with E-state index in [0.29, 0.717) is 12.8 Å². The Hall–Kier alpha value is -0.660.